The van der Waals surface area contributed by atoms with Crippen molar-refractivity contribution in [1.82, 2.24) is 19.7 Å². The number of nitrogens with zero attached hydrogens (tertiary/aromatic N) is 5. The Balaban J connectivity index is 1.70. The second kappa shape index (κ2) is 5.19. The number of oxazole rings is 1. The van der Waals surface area contributed by atoms with Gasteiger partial charge >= 0.3 is 0 Å². The molecule has 21 heavy (non-hydrogen) atoms. The van der Waals surface area contributed by atoms with E-state index in [2.05, 4.69) is 20.5 Å². The highest BCUT2D eigenvalue weighted by molar-refractivity contribution is 5.77. The lowest BCUT2D eigenvalue weighted by Gasteiger charge is -2.00. The smallest absolute Gasteiger partial charge is 0.295 e. The molecule has 0 bridgehead atoms. The number of nitro benzene ring substituents is 1. The van der Waals surface area contributed by atoms with Crippen LogP contribution in [0.4, 0.5) is 11.7 Å². The maximum Gasteiger partial charge on any atom is 0.295 e. The summed E-state index contributed by atoms with van der Waals surface area (Å²) >= 11 is 0. The van der Waals surface area contributed by atoms with Crippen molar-refractivity contribution in [2.45, 2.75) is 6.42 Å². The number of fused-ring (bicyclic) bond motifs is 1. The summed E-state index contributed by atoms with van der Waals surface area (Å²) in [6, 6.07) is 4.64. The molecule has 0 spiro atoms. The van der Waals surface area contributed by atoms with Crippen LogP contribution < -0.4 is 5.32 Å². The Morgan fingerprint density at radius 3 is 3.05 bits per heavy atom. The number of nitro groups is 1. The lowest BCUT2D eigenvalue weighted by atomic mass is 10.3. The third-order valence-corrected chi connectivity index (χ3v) is 3.01. The molecule has 0 saturated carbocycles. The van der Waals surface area contributed by atoms with Gasteiger partial charge in [-0.2, -0.15) is 4.98 Å². The zero-order valence-electron chi connectivity index (χ0n) is 11.2. The normalized spacial score (nSPS) is 10.9. The first-order valence-electron chi connectivity index (χ1n) is 6.25. The van der Waals surface area contributed by atoms with Crippen molar-refractivity contribution in [3.63, 3.8) is 0 Å². The SMILES string of the molecule is Cn1cnnc1CCNc1nc2ccc([N+](=O)[O-])cc2o1. The average molecular weight is 288 g/mol. The fourth-order valence-electron chi connectivity index (χ4n) is 1.92. The Bertz CT molecular complexity index is 793. The van der Waals surface area contributed by atoms with Crippen molar-refractivity contribution >= 4 is 22.8 Å². The first-order chi connectivity index (χ1) is 10.1. The zero-order valence-corrected chi connectivity index (χ0v) is 11.2. The standard InChI is InChI=1S/C12H12N6O3/c1-17-7-14-16-11(17)4-5-13-12-15-9-3-2-8(18(19)20)6-10(9)21-12/h2-3,6-7H,4-5H2,1H3,(H,13,15). The predicted octanol–water partition coefficient (Wildman–Crippen LogP) is 1.52. The monoisotopic (exact) mass is 288 g/mol. The fraction of sp³-hybridized carbons (Fsp3) is 0.250. The van der Waals surface area contributed by atoms with E-state index in [9.17, 15) is 10.1 Å². The number of rotatable bonds is 5. The number of hydrogen-bond donors (Lipinski definition) is 1. The minimum absolute atomic E-state index is 0.0238. The highest BCUT2D eigenvalue weighted by Gasteiger charge is 2.11. The molecule has 0 radical (unpaired) electrons. The minimum atomic E-state index is -0.469. The predicted molar refractivity (Wildman–Crippen MR) is 73.9 cm³/mol. The van der Waals surface area contributed by atoms with Crippen molar-refractivity contribution in [2.75, 3.05) is 11.9 Å². The van der Waals surface area contributed by atoms with Crippen LogP contribution in [-0.2, 0) is 13.5 Å². The summed E-state index contributed by atoms with van der Waals surface area (Å²) in [7, 11) is 1.87. The maximum atomic E-state index is 10.7. The Labute approximate surface area is 118 Å². The number of non-ortho nitro benzene ring substituents is 1. The summed E-state index contributed by atoms with van der Waals surface area (Å²) in [5.74, 6) is 0.842. The van der Waals surface area contributed by atoms with Crippen LogP contribution in [0.3, 0.4) is 0 Å². The molecule has 0 atom stereocenters. The lowest BCUT2D eigenvalue weighted by molar-refractivity contribution is -0.384. The van der Waals surface area contributed by atoms with Gasteiger partial charge in [0.2, 0.25) is 0 Å². The van der Waals surface area contributed by atoms with E-state index in [-0.39, 0.29) is 5.69 Å². The Morgan fingerprint density at radius 1 is 1.48 bits per heavy atom. The molecule has 0 aliphatic carbocycles. The van der Waals surface area contributed by atoms with E-state index in [1.165, 1.54) is 12.1 Å². The third kappa shape index (κ3) is 2.66. The van der Waals surface area contributed by atoms with Gasteiger partial charge in [0.15, 0.2) is 5.58 Å². The van der Waals surface area contributed by atoms with Crippen LogP contribution in [0.15, 0.2) is 28.9 Å². The lowest BCUT2D eigenvalue weighted by Crippen LogP contribution is -2.08. The molecule has 0 fully saturated rings. The summed E-state index contributed by atoms with van der Waals surface area (Å²) in [4.78, 5) is 14.4. The van der Waals surface area contributed by atoms with Crippen LogP contribution in [0.5, 0.6) is 0 Å². The molecule has 9 nitrogen and oxygen atoms in total. The summed E-state index contributed by atoms with van der Waals surface area (Å²) in [6.45, 7) is 0.571. The van der Waals surface area contributed by atoms with Crippen LogP contribution in [0.1, 0.15) is 5.82 Å². The number of hydrogen-bond acceptors (Lipinski definition) is 7. The van der Waals surface area contributed by atoms with Gasteiger partial charge in [-0.3, -0.25) is 10.1 Å². The first kappa shape index (κ1) is 13.0. The number of aryl methyl sites for hydroxylation is 1. The van der Waals surface area contributed by atoms with Gasteiger partial charge in [-0.05, 0) is 6.07 Å². The molecule has 1 N–H and O–H groups in total. The average Bonchev–Trinajstić information content (AvgIpc) is 3.04. The van der Waals surface area contributed by atoms with Gasteiger partial charge < -0.3 is 14.3 Å². The van der Waals surface area contributed by atoms with Crippen LogP contribution in [0, 0.1) is 10.1 Å². The molecule has 0 amide bonds. The van der Waals surface area contributed by atoms with E-state index in [1.807, 2.05) is 11.6 Å². The molecule has 2 aromatic heterocycles. The second-order valence-corrected chi connectivity index (χ2v) is 4.46. The summed E-state index contributed by atoms with van der Waals surface area (Å²) in [5.41, 5.74) is 0.927. The van der Waals surface area contributed by atoms with E-state index >= 15 is 0 Å². The fourth-order valence-corrected chi connectivity index (χ4v) is 1.92. The minimum Gasteiger partial charge on any atom is -0.423 e. The topological polar surface area (TPSA) is 112 Å². The number of anilines is 1. The Hall–Kier alpha value is -2.97. The molecular weight excluding hydrogens is 276 g/mol. The van der Waals surface area contributed by atoms with E-state index in [0.29, 0.717) is 30.1 Å². The number of benzene rings is 1. The van der Waals surface area contributed by atoms with Gasteiger partial charge in [-0.1, -0.05) is 0 Å². The maximum absolute atomic E-state index is 10.7. The van der Waals surface area contributed by atoms with Gasteiger partial charge in [0.05, 0.1) is 11.0 Å². The number of aromatic nitrogens is 4. The molecule has 0 unspecified atom stereocenters. The van der Waals surface area contributed by atoms with Crippen molar-refractivity contribution in [1.29, 1.82) is 0 Å². The molecule has 3 rings (SSSR count). The summed E-state index contributed by atoms with van der Waals surface area (Å²) in [5, 5.41) is 21.5. The van der Waals surface area contributed by atoms with Crippen molar-refractivity contribution in [3.05, 3.63) is 40.5 Å². The number of nitrogens with one attached hydrogen (secondary N) is 1. The van der Waals surface area contributed by atoms with E-state index < -0.39 is 4.92 Å². The van der Waals surface area contributed by atoms with Crippen molar-refractivity contribution in [3.8, 4) is 0 Å². The van der Waals surface area contributed by atoms with Gasteiger partial charge in [-0.25, -0.2) is 0 Å². The Morgan fingerprint density at radius 2 is 2.33 bits per heavy atom. The molecular formula is C12H12N6O3. The van der Waals surface area contributed by atoms with Crippen molar-refractivity contribution in [2.24, 2.45) is 7.05 Å². The van der Waals surface area contributed by atoms with Crippen LogP contribution in [0.25, 0.3) is 11.1 Å². The molecule has 3 aromatic rings. The largest absolute Gasteiger partial charge is 0.423 e. The molecule has 2 heterocycles. The summed E-state index contributed by atoms with van der Waals surface area (Å²) < 4.78 is 7.27. The summed E-state index contributed by atoms with van der Waals surface area (Å²) in [6.07, 6.45) is 2.29. The zero-order chi connectivity index (χ0) is 14.8. The van der Waals surface area contributed by atoms with Gasteiger partial charge in [0.1, 0.15) is 17.7 Å². The van der Waals surface area contributed by atoms with Gasteiger partial charge in [-0.15, -0.1) is 10.2 Å². The van der Waals surface area contributed by atoms with Crippen LogP contribution in [0.2, 0.25) is 0 Å². The highest BCUT2D eigenvalue weighted by atomic mass is 16.6. The molecule has 9 heteroatoms. The van der Waals surface area contributed by atoms with E-state index in [4.69, 9.17) is 4.42 Å². The quantitative estimate of drug-likeness (QED) is 0.559. The van der Waals surface area contributed by atoms with E-state index in [1.54, 1.807) is 12.4 Å². The molecule has 0 saturated heterocycles. The van der Waals surface area contributed by atoms with Crippen LogP contribution in [-0.4, -0.2) is 31.2 Å². The van der Waals surface area contributed by atoms with Crippen molar-refractivity contribution < 1.29 is 9.34 Å². The van der Waals surface area contributed by atoms with Gasteiger partial charge in [0.25, 0.3) is 11.7 Å². The van der Waals surface area contributed by atoms with Gasteiger partial charge in [0, 0.05) is 26.1 Å². The Kier molecular flexibility index (Phi) is 3.22. The van der Waals surface area contributed by atoms with E-state index in [0.717, 1.165) is 5.82 Å². The highest BCUT2D eigenvalue weighted by Crippen LogP contribution is 2.23. The second-order valence-electron chi connectivity index (χ2n) is 4.46. The third-order valence-electron chi connectivity index (χ3n) is 3.01. The van der Waals surface area contributed by atoms with Crippen LogP contribution >= 0.6 is 0 Å². The molecule has 1 aromatic carbocycles. The molecule has 108 valence electrons. The first-order valence-corrected chi connectivity index (χ1v) is 6.25. The molecule has 0 aliphatic heterocycles. The molecule has 0 aliphatic rings.